The van der Waals surface area contributed by atoms with Gasteiger partial charge < -0.3 is 10.2 Å². The van der Waals surface area contributed by atoms with Crippen molar-refractivity contribution in [1.29, 1.82) is 0 Å². The molecular weight excluding hydrogens is 311 g/mol. The zero-order chi connectivity index (χ0) is 17.3. The second kappa shape index (κ2) is 6.43. The lowest BCUT2D eigenvalue weighted by atomic mass is 10.1. The Kier molecular flexibility index (Phi) is 4.33. The molecule has 2 aromatic rings. The number of amides is 1. The van der Waals surface area contributed by atoms with E-state index in [-0.39, 0.29) is 5.69 Å². The molecule has 0 saturated carbocycles. The highest BCUT2D eigenvalue weighted by Gasteiger charge is 2.30. The van der Waals surface area contributed by atoms with Gasteiger partial charge in [-0.25, -0.2) is 4.39 Å². The Balaban J connectivity index is 1.69. The lowest BCUT2D eigenvalue weighted by Crippen LogP contribution is -2.28. The zero-order valence-electron chi connectivity index (χ0n) is 13.8. The number of nitrogens with zero attached hydrogens (tertiary/aromatic N) is 3. The Labute approximate surface area is 139 Å². The summed E-state index contributed by atoms with van der Waals surface area (Å²) in [5.74, 6) is -0.896. The Morgan fingerprint density at radius 1 is 1.46 bits per heavy atom. The molecule has 0 fully saturated rings. The van der Waals surface area contributed by atoms with Gasteiger partial charge >= 0.3 is 0 Å². The minimum Gasteiger partial charge on any atom is -0.382 e. The molecule has 1 aromatic carbocycles. The van der Waals surface area contributed by atoms with Gasteiger partial charge in [0.25, 0.3) is 5.91 Å². The fourth-order valence-electron chi connectivity index (χ4n) is 2.59. The van der Waals surface area contributed by atoms with Gasteiger partial charge in [0.15, 0.2) is 0 Å². The smallest absolute Gasteiger partial charge is 0.268 e. The van der Waals surface area contributed by atoms with E-state index in [9.17, 15) is 9.18 Å². The van der Waals surface area contributed by atoms with Gasteiger partial charge in [-0.05, 0) is 38.5 Å². The van der Waals surface area contributed by atoms with Crippen molar-refractivity contribution >= 4 is 17.3 Å². The van der Waals surface area contributed by atoms with Gasteiger partial charge in [0.2, 0.25) is 6.10 Å². The number of oxime groups is 1. The van der Waals surface area contributed by atoms with Crippen molar-refractivity contribution in [3.05, 3.63) is 47.0 Å². The highest BCUT2D eigenvalue weighted by molar-refractivity contribution is 6.06. The SMILES string of the molecule is CCn1cc(C2=NOC(C(=O)Nc3cc(C)ccc3F)C2)c(C)n1. The second-order valence-electron chi connectivity index (χ2n) is 5.79. The van der Waals surface area contributed by atoms with Crippen molar-refractivity contribution in [3.63, 3.8) is 0 Å². The van der Waals surface area contributed by atoms with E-state index in [1.165, 1.54) is 6.07 Å². The Morgan fingerprint density at radius 2 is 2.25 bits per heavy atom. The van der Waals surface area contributed by atoms with E-state index >= 15 is 0 Å². The third kappa shape index (κ3) is 3.15. The van der Waals surface area contributed by atoms with E-state index < -0.39 is 17.8 Å². The maximum absolute atomic E-state index is 13.8. The molecule has 6 nitrogen and oxygen atoms in total. The van der Waals surface area contributed by atoms with E-state index in [1.54, 1.807) is 12.1 Å². The molecule has 2 heterocycles. The summed E-state index contributed by atoms with van der Waals surface area (Å²) < 4.78 is 15.6. The maximum Gasteiger partial charge on any atom is 0.268 e. The van der Waals surface area contributed by atoms with Gasteiger partial charge in [-0.1, -0.05) is 11.2 Å². The van der Waals surface area contributed by atoms with Crippen LogP contribution in [0.25, 0.3) is 0 Å². The fourth-order valence-corrected chi connectivity index (χ4v) is 2.59. The van der Waals surface area contributed by atoms with Crippen LogP contribution in [0, 0.1) is 19.7 Å². The van der Waals surface area contributed by atoms with Gasteiger partial charge in [0.05, 0.1) is 17.1 Å². The van der Waals surface area contributed by atoms with Crippen LogP contribution in [0.5, 0.6) is 0 Å². The Morgan fingerprint density at radius 3 is 2.96 bits per heavy atom. The lowest BCUT2D eigenvalue weighted by Gasteiger charge is -2.10. The van der Waals surface area contributed by atoms with Crippen molar-refractivity contribution in [2.45, 2.75) is 39.8 Å². The van der Waals surface area contributed by atoms with Crippen molar-refractivity contribution < 1.29 is 14.0 Å². The summed E-state index contributed by atoms with van der Waals surface area (Å²) in [5.41, 5.74) is 3.39. The van der Waals surface area contributed by atoms with Crippen LogP contribution >= 0.6 is 0 Å². The van der Waals surface area contributed by atoms with Gasteiger partial charge in [-0.15, -0.1) is 0 Å². The number of aromatic nitrogens is 2. The van der Waals surface area contributed by atoms with Crippen LogP contribution in [-0.4, -0.2) is 27.5 Å². The molecule has 126 valence electrons. The highest BCUT2D eigenvalue weighted by atomic mass is 19.1. The number of carbonyl (C=O) groups excluding carboxylic acids is 1. The minimum atomic E-state index is -0.774. The average molecular weight is 330 g/mol. The molecule has 24 heavy (non-hydrogen) atoms. The van der Waals surface area contributed by atoms with Crippen molar-refractivity contribution in [2.24, 2.45) is 5.16 Å². The normalized spacial score (nSPS) is 16.7. The summed E-state index contributed by atoms with van der Waals surface area (Å²) in [7, 11) is 0. The molecule has 1 N–H and O–H groups in total. The molecule has 1 aliphatic rings. The van der Waals surface area contributed by atoms with Gasteiger partial charge in [0.1, 0.15) is 5.82 Å². The third-order valence-corrected chi connectivity index (χ3v) is 3.92. The number of benzene rings is 1. The molecule has 1 aliphatic heterocycles. The topological polar surface area (TPSA) is 68.5 Å². The first-order chi connectivity index (χ1) is 11.5. The maximum atomic E-state index is 13.8. The molecule has 7 heteroatoms. The van der Waals surface area contributed by atoms with Gasteiger partial charge in [0, 0.05) is 24.7 Å². The van der Waals surface area contributed by atoms with Crippen LogP contribution in [0.3, 0.4) is 0 Å². The fraction of sp³-hybridized carbons (Fsp3) is 0.353. The predicted octanol–water partition coefficient (Wildman–Crippen LogP) is 2.79. The summed E-state index contributed by atoms with van der Waals surface area (Å²) in [6.07, 6.45) is 1.44. The number of nitrogens with one attached hydrogen (secondary N) is 1. The summed E-state index contributed by atoms with van der Waals surface area (Å²) in [4.78, 5) is 17.5. The van der Waals surface area contributed by atoms with E-state index in [4.69, 9.17) is 4.84 Å². The van der Waals surface area contributed by atoms with E-state index in [1.807, 2.05) is 31.6 Å². The van der Waals surface area contributed by atoms with E-state index in [2.05, 4.69) is 15.6 Å². The molecule has 3 rings (SSSR count). The van der Waals surface area contributed by atoms with Crippen molar-refractivity contribution in [2.75, 3.05) is 5.32 Å². The summed E-state index contributed by atoms with van der Waals surface area (Å²) in [6, 6.07) is 4.55. The van der Waals surface area contributed by atoms with Crippen LogP contribution in [0.15, 0.2) is 29.6 Å². The number of rotatable bonds is 4. The van der Waals surface area contributed by atoms with E-state index in [0.717, 1.165) is 23.4 Å². The second-order valence-corrected chi connectivity index (χ2v) is 5.79. The molecule has 0 bridgehead atoms. The number of hydrogen-bond acceptors (Lipinski definition) is 4. The van der Waals surface area contributed by atoms with Gasteiger partial charge in [-0.3, -0.25) is 9.48 Å². The first-order valence-electron chi connectivity index (χ1n) is 7.82. The lowest BCUT2D eigenvalue weighted by molar-refractivity contribution is -0.125. The first kappa shape index (κ1) is 16.2. The van der Waals surface area contributed by atoms with Crippen molar-refractivity contribution in [3.8, 4) is 0 Å². The van der Waals surface area contributed by atoms with Crippen LogP contribution in [-0.2, 0) is 16.2 Å². The first-order valence-corrected chi connectivity index (χ1v) is 7.82. The molecule has 1 aromatic heterocycles. The van der Waals surface area contributed by atoms with Crippen LogP contribution < -0.4 is 5.32 Å². The number of aryl methyl sites for hydroxylation is 3. The number of anilines is 1. The Bertz CT molecular complexity index is 813. The predicted molar refractivity (Wildman–Crippen MR) is 88.4 cm³/mol. The number of hydrogen-bond donors (Lipinski definition) is 1. The van der Waals surface area contributed by atoms with Crippen LogP contribution in [0.2, 0.25) is 0 Å². The van der Waals surface area contributed by atoms with E-state index in [0.29, 0.717) is 12.1 Å². The summed E-state index contributed by atoms with van der Waals surface area (Å²) >= 11 is 0. The minimum absolute atomic E-state index is 0.145. The molecule has 1 amide bonds. The number of carbonyl (C=O) groups is 1. The monoisotopic (exact) mass is 330 g/mol. The molecule has 0 radical (unpaired) electrons. The van der Waals surface area contributed by atoms with Crippen LogP contribution in [0.4, 0.5) is 10.1 Å². The molecule has 1 atom stereocenters. The molecule has 1 unspecified atom stereocenters. The van der Waals surface area contributed by atoms with Crippen LogP contribution in [0.1, 0.15) is 30.2 Å². The zero-order valence-corrected chi connectivity index (χ0v) is 13.8. The largest absolute Gasteiger partial charge is 0.382 e. The number of halogens is 1. The third-order valence-electron chi connectivity index (χ3n) is 3.92. The highest BCUT2D eigenvalue weighted by Crippen LogP contribution is 2.21. The quantitative estimate of drug-likeness (QED) is 0.937. The van der Waals surface area contributed by atoms with Gasteiger partial charge in [-0.2, -0.15) is 5.10 Å². The Hall–Kier alpha value is -2.70. The average Bonchev–Trinajstić information content (AvgIpc) is 3.17. The summed E-state index contributed by atoms with van der Waals surface area (Å²) in [6.45, 7) is 6.47. The molecule has 0 spiro atoms. The van der Waals surface area contributed by atoms with Crippen molar-refractivity contribution in [1.82, 2.24) is 9.78 Å². The summed E-state index contributed by atoms with van der Waals surface area (Å²) in [5, 5.41) is 10.9. The molecular formula is C17H19FN4O2. The standard InChI is InChI=1S/C17H19FN4O2/c1-4-22-9-12(11(3)20-22)14-8-16(24-21-14)17(23)19-15-7-10(2)5-6-13(15)18/h5-7,9,16H,4,8H2,1-3H3,(H,19,23). The molecule has 0 aliphatic carbocycles. The molecule has 0 saturated heterocycles.